The number of esters is 1. The Hall–Kier alpha value is -2.08. The maximum absolute atomic E-state index is 12.1. The van der Waals surface area contributed by atoms with Gasteiger partial charge in [-0.3, -0.25) is 4.79 Å². The van der Waals surface area contributed by atoms with Crippen molar-refractivity contribution in [2.75, 3.05) is 27.4 Å². The first-order valence-electron chi connectivity index (χ1n) is 7.23. The number of amides is 1. The van der Waals surface area contributed by atoms with Crippen LogP contribution >= 0.6 is 0 Å². The molecule has 1 fully saturated rings. The molecule has 1 aromatic rings. The Morgan fingerprint density at radius 2 is 2.05 bits per heavy atom. The number of hydrogen-bond donors (Lipinski definition) is 1. The lowest BCUT2D eigenvalue weighted by Crippen LogP contribution is -2.45. The van der Waals surface area contributed by atoms with E-state index in [0.29, 0.717) is 26.1 Å². The Kier molecular flexibility index (Phi) is 5.77. The maximum Gasteiger partial charge on any atom is 0.328 e. The summed E-state index contributed by atoms with van der Waals surface area (Å²) >= 11 is 0. The van der Waals surface area contributed by atoms with Gasteiger partial charge in [-0.2, -0.15) is 0 Å². The van der Waals surface area contributed by atoms with Crippen molar-refractivity contribution in [2.24, 2.45) is 5.92 Å². The summed E-state index contributed by atoms with van der Waals surface area (Å²) in [5, 5.41) is 2.76. The molecule has 0 saturated carbocycles. The van der Waals surface area contributed by atoms with E-state index in [1.54, 1.807) is 7.11 Å². The van der Waals surface area contributed by atoms with Crippen LogP contribution in [0.15, 0.2) is 24.3 Å². The zero-order chi connectivity index (χ0) is 15.9. The van der Waals surface area contributed by atoms with Crippen molar-refractivity contribution in [1.82, 2.24) is 5.32 Å². The van der Waals surface area contributed by atoms with E-state index in [-0.39, 0.29) is 11.8 Å². The molecule has 2 atom stereocenters. The molecule has 1 saturated heterocycles. The number of hydrogen-bond acceptors (Lipinski definition) is 5. The van der Waals surface area contributed by atoms with Gasteiger partial charge in [0.1, 0.15) is 11.8 Å². The summed E-state index contributed by atoms with van der Waals surface area (Å²) in [7, 11) is 2.91. The topological polar surface area (TPSA) is 73.9 Å². The molecule has 1 N–H and O–H groups in total. The molecule has 22 heavy (non-hydrogen) atoms. The second kappa shape index (κ2) is 7.79. The molecule has 1 aromatic carbocycles. The van der Waals surface area contributed by atoms with Gasteiger partial charge >= 0.3 is 5.97 Å². The van der Waals surface area contributed by atoms with Crippen LogP contribution in [0.5, 0.6) is 5.75 Å². The summed E-state index contributed by atoms with van der Waals surface area (Å²) in [6.45, 7) is 0.988. The van der Waals surface area contributed by atoms with Crippen LogP contribution in [0, 0.1) is 5.92 Å². The van der Waals surface area contributed by atoms with Crippen molar-refractivity contribution in [1.29, 1.82) is 0 Å². The van der Waals surface area contributed by atoms with Crippen LogP contribution in [0.2, 0.25) is 0 Å². The molecule has 0 radical (unpaired) electrons. The van der Waals surface area contributed by atoms with Crippen molar-refractivity contribution in [3.63, 3.8) is 0 Å². The fourth-order valence-corrected chi connectivity index (χ4v) is 2.36. The fraction of sp³-hybridized carbons (Fsp3) is 0.500. The Morgan fingerprint density at radius 3 is 2.59 bits per heavy atom. The summed E-state index contributed by atoms with van der Waals surface area (Å²) in [6.07, 6.45) is 1.05. The molecule has 0 aliphatic carbocycles. The second-order valence-corrected chi connectivity index (χ2v) is 5.20. The molecule has 0 bridgehead atoms. The summed E-state index contributed by atoms with van der Waals surface area (Å²) < 4.78 is 15.1. The lowest BCUT2D eigenvalue weighted by Gasteiger charge is -2.18. The van der Waals surface area contributed by atoms with Crippen molar-refractivity contribution in [2.45, 2.75) is 18.9 Å². The molecule has 2 rings (SSSR count). The van der Waals surface area contributed by atoms with E-state index in [0.717, 1.165) is 11.3 Å². The highest BCUT2D eigenvalue weighted by Crippen LogP contribution is 2.15. The smallest absolute Gasteiger partial charge is 0.328 e. The highest BCUT2D eigenvalue weighted by atomic mass is 16.5. The molecule has 1 aliphatic rings. The molecule has 0 spiro atoms. The third-order valence-corrected chi connectivity index (χ3v) is 3.70. The molecule has 0 aromatic heterocycles. The monoisotopic (exact) mass is 307 g/mol. The quantitative estimate of drug-likeness (QED) is 0.792. The van der Waals surface area contributed by atoms with Crippen LogP contribution in [-0.4, -0.2) is 45.4 Å². The third kappa shape index (κ3) is 4.21. The predicted molar refractivity (Wildman–Crippen MR) is 79.6 cm³/mol. The van der Waals surface area contributed by atoms with Crippen molar-refractivity contribution in [3.05, 3.63) is 29.8 Å². The van der Waals surface area contributed by atoms with E-state index in [1.165, 1.54) is 7.11 Å². The highest BCUT2D eigenvalue weighted by molar-refractivity contribution is 5.86. The predicted octanol–water partition coefficient (Wildman–Crippen LogP) is 0.932. The number of benzene rings is 1. The van der Waals surface area contributed by atoms with Gasteiger partial charge in [0.15, 0.2) is 0 Å². The minimum Gasteiger partial charge on any atom is -0.497 e. The van der Waals surface area contributed by atoms with Crippen molar-refractivity contribution >= 4 is 11.9 Å². The second-order valence-electron chi connectivity index (χ2n) is 5.20. The zero-order valence-corrected chi connectivity index (χ0v) is 12.8. The zero-order valence-electron chi connectivity index (χ0n) is 12.8. The number of carbonyl (C=O) groups is 2. The standard InChI is InChI=1S/C16H21NO5/c1-20-13-5-3-11(4-6-13)9-14(16(19)21-2)17-15(18)12-7-8-22-10-12/h3-6,12,14H,7-10H2,1-2H3,(H,17,18)/t12-,14+/m0/s1. The molecule has 0 unspecified atom stereocenters. The van der Waals surface area contributed by atoms with E-state index in [2.05, 4.69) is 5.32 Å². The van der Waals surface area contributed by atoms with E-state index < -0.39 is 12.0 Å². The average Bonchev–Trinajstić information content (AvgIpc) is 3.08. The number of rotatable bonds is 6. The summed E-state index contributed by atoms with van der Waals surface area (Å²) in [6, 6.07) is 6.65. The van der Waals surface area contributed by atoms with Gasteiger partial charge in [-0.05, 0) is 24.1 Å². The van der Waals surface area contributed by atoms with Gasteiger partial charge in [-0.25, -0.2) is 4.79 Å². The Morgan fingerprint density at radius 1 is 1.32 bits per heavy atom. The molecule has 1 aliphatic heterocycles. The molecule has 1 heterocycles. The SMILES string of the molecule is COC(=O)[C@@H](Cc1ccc(OC)cc1)NC(=O)[C@H]1CCOC1. The van der Waals surface area contributed by atoms with Gasteiger partial charge in [0.2, 0.25) is 5.91 Å². The van der Waals surface area contributed by atoms with Crippen molar-refractivity contribution < 1.29 is 23.8 Å². The van der Waals surface area contributed by atoms with Crippen LogP contribution < -0.4 is 10.1 Å². The normalized spacial score (nSPS) is 18.5. The molecular weight excluding hydrogens is 286 g/mol. The van der Waals surface area contributed by atoms with E-state index in [9.17, 15) is 9.59 Å². The minimum absolute atomic E-state index is 0.165. The maximum atomic E-state index is 12.1. The Bertz CT molecular complexity index is 508. The van der Waals surface area contributed by atoms with E-state index >= 15 is 0 Å². The molecule has 6 heteroatoms. The minimum atomic E-state index is -0.702. The number of nitrogens with one attached hydrogen (secondary N) is 1. The first-order valence-corrected chi connectivity index (χ1v) is 7.23. The van der Waals surface area contributed by atoms with Gasteiger partial charge in [-0.1, -0.05) is 12.1 Å². The van der Waals surface area contributed by atoms with Gasteiger partial charge in [0.05, 0.1) is 26.7 Å². The number of ether oxygens (including phenoxy) is 3. The molecule has 1 amide bonds. The van der Waals surface area contributed by atoms with Crippen LogP contribution in [0.1, 0.15) is 12.0 Å². The lowest BCUT2D eigenvalue weighted by molar-refractivity contribution is -0.145. The Balaban J connectivity index is 2.01. The largest absolute Gasteiger partial charge is 0.497 e. The van der Waals surface area contributed by atoms with Gasteiger partial charge in [0.25, 0.3) is 0 Å². The van der Waals surface area contributed by atoms with Gasteiger partial charge in [-0.15, -0.1) is 0 Å². The van der Waals surface area contributed by atoms with Crippen LogP contribution in [0.4, 0.5) is 0 Å². The van der Waals surface area contributed by atoms with Gasteiger partial charge < -0.3 is 19.5 Å². The summed E-state index contributed by atoms with van der Waals surface area (Å²) in [5.41, 5.74) is 0.916. The molecule has 6 nitrogen and oxygen atoms in total. The highest BCUT2D eigenvalue weighted by Gasteiger charge is 2.28. The van der Waals surface area contributed by atoms with Crippen LogP contribution in [0.25, 0.3) is 0 Å². The van der Waals surface area contributed by atoms with Crippen molar-refractivity contribution in [3.8, 4) is 5.75 Å². The first-order chi connectivity index (χ1) is 10.6. The summed E-state index contributed by atoms with van der Waals surface area (Å²) in [4.78, 5) is 24.0. The summed E-state index contributed by atoms with van der Waals surface area (Å²) in [5.74, 6) is -0.0713. The average molecular weight is 307 g/mol. The first kappa shape index (κ1) is 16.3. The van der Waals surface area contributed by atoms with Crippen LogP contribution in [0.3, 0.4) is 0 Å². The van der Waals surface area contributed by atoms with Gasteiger partial charge in [0, 0.05) is 13.0 Å². The lowest BCUT2D eigenvalue weighted by atomic mass is 10.0. The third-order valence-electron chi connectivity index (χ3n) is 3.70. The van der Waals surface area contributed by atoms with E-state index in [1.807, 2.05) is 24.3 Å². The fourth-order valence-electron chi connectivity index (χ4n) is 2.36. The van der Waals surface area contributed by atoms with Crippen LogP contribution in [-0.2, 0) is 25.5 Å². The molecular formula is C16H21NO5. The number of methoxy groups -OCH3 is 2. The number of carbonyl (C=O) groups excluding carboxylic acids is 2. The molecule has 120 valence electrons. The Labute approximate surface area is 129 Å². The van der Waals surface area contributed by atoms with E-state index in [4.69, 9.17) is 14.2 Å².